The summed E-state index contributed by atoms with van der Waals surface area (Å²) in [6.45, 7) is 5.96. The van der Waals surface area contributed by atoms with Crippen molar-refractivity contribution in [3.8, 4) is 11.1 Å². The fraction of sp³-hybridized carbons (Fsp3) is 0.233. The molecule has 4 nitrogen and oxygen atoms in total. The van der Waals surface area contributed by atoms with Gasteiger partial charge in [-0.1, -0.05) is 66.7 Å². The van der Waals surface area contributed by atoms with Crippen LogP contribution in [0, 0.1) is 13.8 Å². The Morgan fingerprint density at radius 3 is 2.35 bits per heavy atom. The Bertz CT molecular complexity index is 1440. The maximum Gasteiger partial charge on any atom is 0.417 e. The maximum absolute atomic E-state index is 14.0. The minimum atomic E-state index is -4.49. The van der Waals surface area contributed by atoms with E-state index in [1.807, 2.05) is 44.2 Å². The van der Waals surface area contributed by atoms with Gasteiger partial charge < -0.3 is 14.2 Å². The Morgan fingerprint density at radius 1 is 0.946 bits per heavy atom. The zero-order valence-corrected chi connectivity index (χ0v) is 20.8. The van der Waals surface area contributed by atoms with Crippen LogP contribution in [0.5, 0.6) is 0 Å². The molecule has 0 N–H and O–H groups in total. The van der Waals surface area contributed by atoms with Gasteiger partial charge in [-0.25, -0.2) is 0 Å². The van der Waals surface area contributed by atoms with Crippen LogP contribution in [0.15, 0.2) is 83.4 Å². The normalized spacial score (nSPS) is 15.4. The van der Waals surface area contributed by atoms with E-state index in [9.17, 15) is 13.2 Å². The van der Waals surface area contributed by atoms with Crippen LogP contribution >= 0.6 is 0 Å². The van der Waals surface area contributed by atoms with Crippen molar-refractivity contribution in [2.24, 2.45) is 0 Å². The first-order valence-electron chi connectivity index (χ1n) is 12.2. The molecule has 0 saturated heterocycles. The lowest BCUT2D eigenvalue weighted by Crippen LogP contribution is -2.33. The van der Waals surface area contributed by atoms with Gasteiger partial charge in [-0.2, -0.15) is 13.2 Å². The first-order chi connectivity index (χ1) is 17.8. The quantitative estimate of drug-likeness (QED) is 0.264. The molecule has 2 heterocycles. The number of rotatable bonds is 6. The number of para-hydroxylation sites is 1. The van der Waals surface area contributed by atoms with Gasteiger partial charge in [-0.3, -0.25) is 0 Å². The second-order valence-electron chi connectivity index (χ2n) is 9.12. The van der Waals surface area contributed by atoms with Crippen molar-refractivity contribution in [2.75, 3.05) is 4.90 Å². The highest BCUT2D eigenvalue weighted by atomic mass is 19.4. The molecule has 0 amide bonds. The Kier molecular flexibility index (Phi) is 6.54. The van der Waals surface area contributed by atoms with Gasteiger partial charge >= 0.3 is 6.18 Å². The number of aromatic nitrogens is 1. The third-order valence-corrected chi connectivity index (χ3v) is 6.74. The minimum Gasteiger partial charge on any atom is -0.488 e. The number of hydrogen-bond acceptors (Lipinski definition) is 4. The molecule has 0 spiro atoms. The third kappa shape index (κ3) is 4.73. The van der Waals surface area contributed by atoms with E-state index >= 15 is 0 Å². The predicted octanol–water partition coefficient (Wildman–Crippen LogP) is 8.47. The Labute approximate surface area is 214 Å². The van der Waals surface area contributed by atoms with Gasteiger partial charge in [0.25, 0.3) is 0 Å². The van der Waals surface area contributed by atoms with Crippen molar-refractivity contribution >= 4 is 17.3 Å². The number of ether oxygens (including phenoxy) is 1. The zero-order valence-electron chi connectivity index (χ0n) is 20.8. The highest BCUT2D eigenvalue weighted by Crippen LogP contribution is 2.43. The number of alkyl halides is 3. The summed E-state index contributed by atoms with van der Waals surface area (Å²) in [5, 5.41) is 4.12. The Hall–Kier alpha value is -4.00. The van der Waals surface area contributed by atoms with Crippen molar-refractivity contribution in [3.05, 3.63) is 107 Å². The number of benzene rings is 3. The molecular formula is C30H27F3N2O2. The first kappa shape index (κ1) is 24.7. The number of fused-ring (bicyclic) bond motifs is 1. The standard InChI is InChI=1S/C30H27F3N2O2/c1-4-23-17-28(25-12-8-9-13-27(25)35(23)29-19(2)20(3)34-37-29)36-18-21-14-15-24(22-10-6-5-7-11-22)26(16-21)30(31,32)33/h5-17,23H,4,18H2,1-3H3. The molecule has 1 aliphatic heterocycles. The second-order valence-corrected chi connectivity index (χ2v) is 9.12. The smallest absolute Gasteiger partial charge is 0.417 e. The van der Waals surface area contributed by atoms with Gasteiger partial charge in [0, 0.05) is 11.1 Å². The van der Waals surface area contributed by atoms with Gasteiger partial charge in [0.05, 0.1) is 23.0 Å². The molecule has 1 aromatic heterocycles. The number of aryl methyl sites for hydroxylation is 1. The number of halogens is 3. The van der Waals surface area contributed by atoms with Crippen LogP contribution in [0.3, 0.4) is 0 Å². The average molecular weight is 505 g/mol. The van der Waals surface area contributed by atoms with Crippen LogP contribution in [0.4, 0.5) is 24.7 Å². The summed E-state index contributed by atoms with van der Waals surface area (Å²) >= 11 is 0. The van der Waals surface area contributed by atoms with Crippen LogP contribution in [-0.2, 0) is 17.5 Å². The molecule has 0 fully saturated rings. The molecule has 5 rings (SSSR count). The highest BCUT2D eigenvalue weighted by Gasteiger charge is 2.34. The van der Waals surface area contributed by atoms with E-state index in [2.05, 4.69) is 17.0 Å². The highest BCUT2D eigenvalue weighted by molar-refractivity contribution is 5.82. The van der Waals surface area contributed by atoms with Crippen molar-refractivity contribution in [1.29, 1.82) is 0 Å². The predicted molar refractivity (Wildman–Crippen MR) is 138 cm³/mol. The third-order valence-electron chi connectivity index (χ3n) is 6.74. The van der Waals surface area contributed by atoms with Gasteiger partial charge in [-0.15, -0.1) is 0 Å². The Morgan fingerprint density at radius 2 is 1.68 bits per heavy atom. The van der Waals surface area contributed by atoms with E-state index in [4.69, 9.17) is 9.26 Å². The lowest BCUT2D eigenvalue weighted by Gasteiger charge is -2.35. The number of nitrogens with zero attached hydrogens (tertiary/aromatic N) is 2. The number of anilines is 2. The second kappa shape index (κ2) is 9.81. The molecule has 1 unspecified atom stereocenters. The van der Waals surface area contributed by atoms with E-state index in [-0.39, 0.29) is 18.2 Å². The van der Waals surface area contributed by atoms with E-state index in [1.54, 1.807) is 36.4 Å². The van der Waals surface area contributed by atoms with E-state index in [0.717, 1.165) is 28.9 Å². The molecule has 190 valence electrons. The van der Waals surface area contributed by atoms with E-state index in [1.165, 1.54) is 12.1 Å². The average Bonchev–Trinajstić information content (AvgIpc) is 3.24. The zero-order chi connectivity index (χ0) is 26.2. The fourth-order valence-electron chi connectivity index (χ4n) is 4.67. The van der Waals surface area contributed by atoms with Crippen LogP contribution in [0.2, 0.25) is 0 Å². The summed E-state index contributed by atoms with van der Waals surface area (Å²) in [6, 6.07) is 20.7. The fourth-order valence-corrected chi connectivity index (χ4v) is 4.67. The molecule has 0 radical (unpaired) electrons. The molecular weight excluding hydrogens is 477 g/mol. The van der Waals surface area contributed by atoms with Crippen molar-refractivity contribution < 1.29 is 22.4 Å². The topological polar surface area (TPSA) is 38.5 Å². The summed E-state index contributed by atoms with van der Waals surface area (Å²) in [4.78, 5) is 2.11. The van der Waals surface area contributed by atoms with Crippen LogP contribution in [-0.4, -0.2) is 11.2 Å². The maximum atomic E-state index is 14.0. The lowest BCUT2D eigenvalue weighted by atomic mass is 9.97. The number of hydrogen-bond donors (Lipinski definition) is 0. The van der Waals surface area contributed by atoms with Gasteiger partial charge in [0.2, 0.25) is 5.88 Å². The molecule has 1 aliphatic rings. The summed E-state index contributed by atoms with van der Waals surface area (Å²) < 4.78 is 53.8. The van der Waals surface area contributed by atoms with Crippen molar-refractivity contribution in [2.45, 2.75) is 46.0 Å². The molecule has 4 aromatic rings. The van der Waals surface area contributed by atoms with Crippen LogP contribution in [0.1, 0.15) is 41.3 Å². The van der Waals surface area contributed by atoms with E-state index < -0.39 is 11.7 Å². The molecule has 7 heteroatoms. The molecule has 0 bridgehead atoms. The summed E-state index contributed by atoms with van der Waals surface area (Å²) in [6.07, 6.45) is -1.72. The molecule has 3 aromatic carbocycles. The van der Waals surface area contributed by atoms with Gasteiger partial charge in [0.15, 0.2) is 0 Å². The monoisotopic (exact) mass is 504 g/mol. The SMILES string of the molecule is CCC1C=C(OCc2ccc(-c3ccccc3)c(C(F)(F)F)c2)c2ccccc2N1c1onc(C)c1C. The largest absolute Gasteiger partial charge is 0.488 e. The lowest BCUT2D eigenvalue weighted by molar-refractivity contribution is -0.137. The summed E-state index contributed by atoms with van der Waals surface area (Å²) in [5.74, 6) is 1.31. The van der Waals surface area contributed by atoms with Crippen molar-refractivity contribution in [3.63, 3.8) is 0 Å². The van der Waals surface area contributed by atoms with Crippen LogP contribution < -0.4 is 4.90 Å². The summed E-state index contributed by atoms with van der Waals surface area (Å²) in [7, 11) is 0. The summed E-state index contributed by atoms with van der Waals surface area (Å²) in [5.41, 5.74) is 3.98. The Balaban J connectivity index is 1.47. The van der Waals surface area contributed by atoms with E-state index in [0.29, 0.717) is 22.8 Å². The molecule has 0 aliphatic carbocycles. The van der Waals surface area contributed by atoms with Gasteiger partial charge in [0.1, 0.15) is 12.4 Å². The minimum absolute atomic E-state index is 0.00912. The first-order valence-corrected chi connectivity index (χ1v) is 12.2. The van der Waals surface area contributed by atoms with Crippen molar-refractivity contribution in [1.82, 2.24) is 5.16 Å². The molecule has 0 saturated carbocycles. The molecule has 1 atom stereocenters. The van der Waals surface area contributed by atoms with Gasteiger partial charge in [-0.05, 0) is 61.2 Å². The van der Waals surface area contributed by atoms with Crippen LogP contribution in [0.25, 0.3) is 16.9 Å². The molecule has 37 heavy (non-hydrogen) atoms.